The van der Waals surface area contributed by atoms with E-state index in [9.17, 15) is 0 Å². The van der Waals surface area contributed by atoms with Crippen molar-refractivity contribution in [1.82, 2.24) is 4.90 Å². The molecular formula is C18H23N. The molecule has 0 unspecified atom stereocenters. The summed E-state index contributed by atoms with van der Waals surface area (Å²) in [5.74, 6) is 0.553. The zero-order chi connectivity index (χ0) is 13.7. The Bertz CT molecular complexity index is 446. The van der Waals surface area contributed by atoms with Crippen LogP contribution in [0.5, 0.6) is 0 Å². The highest BCUT2D eigenvalue weighted by Gasteiger charge is 2.28. The standard InChI is InChI=1S/C18H23N/c1-4-9-17-12-13-18(5-2)19(15(17)3)14-16-10-7-6-8-11-16/h4-8,10-13,15,17-18H,1-2,9,14H2,3H3/t15-,17+,18+/m1/s1. The fourth-order valence-electron chi connectivity index (χ4n) is 2.77. The minimum atomic E-state index is 0.330. The van der Waals surface area contributed by atoms with Gasteiger partial charge in [0, 0.05) is 18.6 Å². The van der Waals surface area contributed by atoms with E-state index >= 15 is 0 Å². The van der Waals surface area contributed by atoms with Gasteiger partial charge in [-0.1, -0.05) is 54.6 Å². The molecule has 1 aliphatic heterocycles. The molecule has 1 heterocycles. The highest BCUT2D eigenvalue weighted by molar-refractivity contribution is 5.19. The number of rotatable bonds is 5. The maximum absolute atomic E-state index is 3.97. The molecule has 1 nitrogen and oxygen atoms in total. The van der Waals surface area contributed by atoms with Gasteiger partial charge in [0.25, 0.3) is 0 Å². The highest BCUT2D eigenvalue weighted by atomic mass is 15.2. The Kier molecular flexibility index (Phi) is 4.75. The highest BCUT2D eigenvalue weighted by Crippen LogP contribution is 2.27. The average molecular weight is 253 g/mol. The van der Waals surface area contributed by atoms with Gasteiger partial charge in [-0.3, -0.25) is 4.90 Å². The van der Waals surface area contributed by atoms with Crippen LogP contribution in [0.3, 0.4) is 0 Å². The summed E-state index contributed by atoms with van der Waals surface area (Å²) in [6.07, 6.45) is 9.66. The van der Waals surface area contributed by atoms with Crippen molar-refractivity contribution in [3.63, 3.8) is 0 Å². The maximum atomic E-state index is 3.97. The molecule has 0 N–H and O–H groups in total. The number of allylic oxidation sites excluding steroid dienone is 1. The van der Waals surface area contributed by atoms with Gasteiger partial charge in [0.1, 0.15) is 0 Å². The van der Waals surface area contributed by atoms with Crippen molar-refractivity contribution in [3.8, 4) is 0 Å². The van der Waals surface area contributed by atoms with Crippen molar-refractivity contribution in [2.75, 3.05) is 0 Å². The topological polar surface area (TPSA) is 3.24 Å². The maximum Gasteiger partial charge on any atom is 0.0465 e. The molecule has 100 valence electrons. The van der Waals surface area contributed by atoms with E-state index in [4.69, 9.17) is 0 Å². The molecule has 0 saturated heterocycles. The Morgan fingerprint density at radius 2 is 1.89 bits per heavy atom. The Morgan fingerprint density at radius 3 is 2.53 bits per heavy atom. The summed E-state index contributed by atoms with van der Waals surface area (Å²) < 4.78 is 0. The van der Waals surface area contributed by atoms with Gasteiger partial charge in [-0.25, -0.2) is 0 Å². The summed E-state index contributed by atoms with van der Waals surface area (Å²) in [4.78, 5) is 2.51. The molecule has 1 aromatic rings. The van der Waals surface area contributed by atoms with E-state index in [0.29, 0.717) is 18.0 Å². The summed E-state index contributed by atoms with van der Waals surface area (Å²) in [5.41, 5.74) is 1.36. The lowest BCUT2D eigenvalue weighted by molar-refractivity contribution is 0.139. The first-order chi connectivity index (χ1) is 9.26. The molecule has 0 fully saturated rings. The molecule has 3 atom stereocenters. The molecular weight excluding hydrogens is 230 g/mol. The Morgan fingerprint density at radius 1 is 1.16 bits per heavy atom. The van der Waals surface area contributed by atoms with Gasteiger partial charge in [-0.15, -0.1) is 13.2 Å². The van der Waals surface area contributed by atoms with Gasteiger partial charge in [0.05, 0.1) is 0 Å². The largest absolute Gasteiger partial charge is 0.286 e. The first-order valence-corrected chi connectivity index (χ1v) is 6.97. The third-order valence-electron chi connectivity index (χ3n) is 3.97. The number of benzene rings is 1. The SMILES string of the molecule is C=CC[C@H]1C=C[C@H](C=C)N(Cc2ccccc2)[C@@H]1C. The molecule has 1 heteroatoms. The monoisotopic (exact) mass is 253 g/mol. The lowest BCUT2D eigenvalue weighted by Crippen LogP contribution is -2.45. The van der Waals surface area contributed by atoms with Gasteiger partial charge >= 0.3 is 0 Å². The van der Waals surface area contributed by atoms with Crippen LogP contribution >= 0.6 is 0 Å². The van der Waals surface area contributed by atoms with E-state index in [-0.39, 0.29) is 0 Å². The predicted octanol–water partition coefficient (Wildman–Crippen LogP) is 4.19. The van der Waals surface area contributed by atoms with Gasteiger partial charge in [-0.2, -0.15) is 0 Å². The van der Waals surface area contributed by atoms with Gasteiger partial charge < -0.3 is 0 Å². The van der Waals surface area contributed by atoms with Crippen LogP contribution in [0.2, 0.25) is 0 Å². The lowest BCUT2D eigenvalue weighted by atomic mass is 9.89. The number of hydrogen-bond acceptors (Lipinski definition) is 1. The zero-order valence-corrected chi connectivity index (χ0v) is 11.7. The fraction of sp³-hybridized carbons (Fsp3) is 0.333. The first-order valence-electron chi connectivity index (χ1n) is 6.97. The van der Waals surface area contributed by atoms with E-state index in [1.54, 1.807) is 0 Å². The van der Waals surface area contributed by atoms with Crippen LogP contribution in [-0.4, -0.2) is 17.0 Å². The van der Waals surface area contributed by atoms with Crippen molar-refractivity contribution >= 4 is 0 Å². The van der Waals surface area contributed by atoms with Crippen LogP contribution in [0, 0.1) is 5.92 Å². The zero-order valence-electron chi connectivity index (χ0n) is 11.7. The summed E-state index contributed by atoms with van der Waals surface area (Å²) >= 11 is 0. The molecule has 0 spiro atoms. The third-order valence-corrected chi connectivity index (χ3v) is 3.97. The van der Waals surface area contributed by atoms with Crippen LogP contribution in [0.1, 0.15) is 18.9 Å². The van der Waals surface area contributed by atoms with Gasteiger partial charge in [-0.05, 0) is 24.8 Å². The summed E-state index contributed by atoms with van der Waals surface area (Å²) in [5, 5.41) is 0. The fourth-order valence-corrected chi connectivity index (χ4v) is 2.77. The lowest BCUT2D eigenvalue weighted by Gasteiger charge is -2.40. The molecule has 0 radical (unpaired) electrons. The summed E-state index contributed by atoms with van der Waals surface area (Å²) in [6, 6.07) is 11.5. The number of nitrogens with zero attached hydrogens (tertiary/aromatic N) is 1. The molecule has 0 aliphatic carbocycles. The van der Waals surface area contributed by atoms with Crippen LogP contribution < -0.4 is 0 Å². The van der Waals surface area contributed by atoms with E-state index in [2.05, 4.69) is 67.5 Å². The number of hydrogen-bond donors (Lipinski definition) is 0. The van der Waals surface area contributed by atoms with E-state index in [0.717, 1.165) is 13.0 Å². The smallest absolute Gasteiger partial charge is 0.0465 e. The van der Waals surface area contributed by atoms with Crippen molar-refractivity contribution in [2.45, 2.75) is 32.0 Å². The minimum Gasteiger partial charge on any atom is -0.286 e. The quantitative estimate of drug-likeness (QED) is 0.711. The third kappa shape index (κ3) is 3.24. The van der Waals surface area contributed by atoms with Crippen molar-refractivity contribution in [2.24, 2.45) is 5.92 Å². The second-order valence-electron chi connectivity index (χ2n) is 5.20. The second kappa shape index (κ2) is 6.53. The normalized spacial score (nSPS) is 27.1. The Labute approximate surface area is 116 Å². The van der Waals surface area contributed by atoms with E-state index in [1.165, 1.54) is 5.56 Å². The molecule has 19 heavy (non-hydrogen) atoms. The predicted molar refractivity (Wildman–Crippen MR) is 82.9 cm³/mol. The van der Waals surface area contributed by atoms with Crippen LogP contribution in [0.25, 0.3) is 0 Å². The molecule has 0 aromatic heterocycles. The van der Waals surface area contributed by atoms with Crippen LogP contribution in [-0.2, 0) is 6.54 Å². The van der Waals surface area contributed by atoms with E-state index < -0.39 is 0 Å². The first kappa shape index (κ1) is 13.8. The van der Waals surface area contributed by atoms with E-state index in [1.807, 2.05) is 12.2 Å². The minimum absolute atomic E-state index is 0.330. The average Bonchev–Trinajstić information content (AvgIpc) is 2.45. The van der Waals surface area contributed by atoms with Crippen molar-refractivity contribution in [1.29, 1.82) is 0 Å². The summed E-state index contributed by atoms with van der Waals surface area (Å²) in [6.45, 7) is 11.1. The molecule has 0 saturated carbocycles. The van der Waals surface area contributed by atoms with Crippen molar-refractivity contribution < 1.29 is 0 Å². The molecule has 1 aliphatic rings. The van der Waals surface area contributed by atoms with Gasteiger partial charge in [0.2, 0.25) is 0 Å². The molecule has 1 aromatic carbocycles. The second-order valence-corrected chi connectivity index (χ2v) is 5.20. The van der Waals surface area contributed by atoms with Gasteiger partial charge in [0.15, 0.2) is 0 Å². The van der Waals surface area contributed by atoms with Crippen LogP contribution in [0.4, 0.5) is 0 Å². The molecule has 0 amide bonds. The Balaban J connectivity index is 2.17. The Hall–Kier alpha value is -1.60. The molecule has 0 bridgehead atoms. The molecule has 2 rings (SSSR count). The van der Waals surface area contributed by atoms with Crippen molar-refractivity contribution in [3.05, 3.63) is 73.4 Å². The summed E-state index contributed by atoms with van der Waals surface area (Å²) in [7, 11) is 0. The van der Waals surface area contributed by atoms with Crippen LogP contribution in [0.15, 0.2) is 67.8 Å².